The molecule has 0 fully saturated rings. The van der Waals surface area contributed by atoms with Crippen molar-refractivity contribution in [2.75, 3.05) is 6.61 Å². The van der Waals surface area contributed by atoms with Crippen molar-refractivity contribution in [2.45, 2.75) is 39.2 Å². The van der Waals surface area contributed by atoms with E-state index >= 15 is 0 Å². The summed E-state index contributed by atoms with van der Waals surface area (Å²) in [5, 5.41) is 13.1. The summed E-state index contributed by atoms with van der Waals surface area (Å²) in [6.07, 6.45) is 4.09. The topological polar surface area (TPSA) is 94.6 Å². The third-order valence-corrected chi connectivity index (χ3v) is 6.91. The fraction of sp³-hybridized carbons (Fsp3) is 0.226. The standard InChI is InChI=1S/C31H30N2O4/c1-2-3-4-9-20-16-26-30(27(17-20)37-19-28(34)35)29-24(31(32)36)14-8-15-25(29)33(26)18-22-12-7-11-21-10-5-6-13-23(21)22/h5-8,10-17H,2-4,9,18-19H2,1H3,(H2,32,36)(H,34,35). The molecular weight excluding hydrogens is 464 g/mol. The zero-order chi connectivity index (χ0) is 25.9. The zero-order valence-electron chi connectivity index (χ0n) is 20.9. The van der Waals surface area contributed by atoms with E-state index in [2.05, 4.69) is 47.9 Å². The number of hydrogen-bond acceptors (Lipinski definition) is 3. The quantitative estimate of drug-likeness (QED) is 0.223. The SMILES string of the molecule is CCCCCc1cc(OCC(=O)O)c2c3c(C(N)=O)cccc3n(Cc3cccc4ccccc34)c2c1. The van der Waals surface area contributed by atoms with Gasteiger partial charge in [-0.1, -0.05) is 68.3 Å². The predicted octanol–water partition coefficient (Wildman–Crippen LogP) is 6.29. The lowest BCUT2D eigenvalue weighted by Gasteiger charge is -2.13. The second-order valence-electron chi connectivity index (χ2n) is 9.42. The molecule has 4 aromatic carbocycles. The Labute approximate surface area is 215 Å². The molecule has 0 radical (unpaired) electrons. The van der Waals surface area contributed by atoms with Gasteiger partial charge in [0.25, 0.3) is 0 Å². The first-order valence-electron chi connectivity index (χ1n) is 12.7. The van der Waals surface area contributed by atoms with E-state index in [-0.39, 0.29) is 0 Å². The summed E-state index contributed by atoms with van der Waals surface area (Å²) in [4.78, 5) is 23.9. The summed E-state index contributed by atoms with van der Waals surface area (Å²) in [5.74, 6) is -1.13. The number of carbonyl (C=O) groups excluding carboxylic acids is 1. The molecule has 1 amide bonds. The zero-order valence-corrected chi connectivity index (χ0v) is 20.9. The average Bonchev–Trinajstić information content (AvgIpc) is 3.21. The highest BCUT2D eigenvalue weighted by Crippen LogP contribution is 2.40. The summed E-state index contributed by atoms with van der Waals surface area (Å²) in [7, 11) is 0. The van der Waals surface area contributed by atoms with Gasteiger partial charge in [0.15, 0.2) is 6.61 Å². The normalized spacial score (nSPS) is 11.4. The van der Waals surface area contributed by atoms with E-state index in [1.165, 1.54) is 0 Å². The molecule has 0 aliphatic rings. The molecule has 5 aromatic rings. The van der Waals surface area contributed by atoms with Gasteiger partial charge < -0.3 is 20.1 Å². The van der Waals surface area contributed by atoms with Gasteiger partial charge in [-0.25, -0.2) is 4.79 Å². The minimum atomic E-state index is -1.06. The fourth-order valence-electron chi connectivity index (χ4n) is 5.23. The van der Waals surface area contributed by atoms with Crippen LogP contribution in [0.1, 0.15) is 47.7 Å². The summed E-state index contributed by atoms with van der Waals surface area (Å²) >= 11 is 0. The number of benzene rings is 4. The van der Waals surface area contributed by atoms with Crippen molar-refractivity contribution in [1.82, 2.24) is 4.57 Å². The highest BCUT2D eigenvalue weighted by Gasteiger charge is 2.21. The maximum atomic E-state index is 12.5. The number of aryl methyl sites for hydroxylation is 1. The van der Waals surface area contributed by atoms with Crippen LogP contribution >= 0.6 is 0 Å². The number of carboxylic acid groups (broad SMARTS) is 1. The van der Waals surface area contributed by atoms with E-state index in [9.17, 15) is 14.7 Å². The number of ether oxygens (including phenoxy) is 1. The predicted molar refractivity (Wildman–Crippen MR) is 147 cm³/mol. The van der Waals surface area contributed by atoms with E-state index in [1.54, 1.807) is 6.07 Å². The third kappa shape index (κ3) is 4.75. The number of rotatable bonds is 10. The van der Waals surface area contributed by atoms with Gasteiger partial charge in [-0.05, 0) is 59.0 Å². The molecule has 0 aliphatic heterocycles. The summed E-state index contributed by atoms with van der Waals surface area (Å²) in [6, 6.07) is 24.1. The van der Waals surface area contributed by atoms with E-state index in [1.807, 2.05) is 30.3 Å². The lowest BCUT2D eigenvalue weighted by atomic mass is 10.0. The minimum Gasteiger partial charge on any atom is -0.481 e. The van der Waals surface area contributed by atoms with Crippen LogP contribution in [0.25, 0.3) is 32.6 Å². The lowest BCUT2D eigenvalue weighted by Crippen LogP contribution is -2.12. The van der Waals surface area contributed by atoms with Crippen molar-refractivity contribution in [3.8, 4) is 5.75 Å². The Kier molecular flexibility index (Phi) is 6.82. The van der Waals surface area contributed by atoms with Crippen LogP contribution in [-0.2, 0) is 17.8 Å². The molecule has 0 saturated heterocycles. The smallest absolute Gasteiger partial charge is 0.341 e. The maximum Gasteiger partial charge on any atom is 0.341 e. The van der Waals surface area contributed by atoms with Crippen LogP contribution in [0.5, 0.6) is 5.75 Å². The molecule has 1 aromatic heterocycles. The van der Waals surface area contributed by atoms with Gasteiger partial charge >= 0.3 is 5.97 Å². The fourth-order valence-corrected chi connectivity index (χ4v) is 5.23. The number of fused-ring (bicyclic) bond motifs is 4. The van der Waals surface area contributed by atoms with E-state index < -0.39 is 18.5 Å². The van der Waals surface area contributed by atoms with Crippen LogP contribution in [0.3, 0.4) is 0 Å². The van der Waals surface area contributed by atoms with Crippen molar-refractivity contribution in [3.05, 3.63) is 89.5 Å². The average molecular weight is 495 g/mol. The lowest BCUT2D eigenvalue weighted by molar-refractivity contribution is -0.139. The number of aromatic nitrogens is 1. The molecule has 0 saturated carbocycles. The van der Waals surface area contributed by atoms with Crippen LogP contribution in [0.4, 0.5) is 0 Å². The molecular formula is C31H30N2O4. The Morgan fingerprint density at radius 2 is 1.70 bits per heavy atom. The molecule has 1 heterocycles. The molecule has 3 N–H and O–H groups in total. The van der Waals surface area contributed by atoms with Crippen molar-refractivity contribution in [3.63, 3.8) is 0 Å². The van der Waals surface area contributed by atoms with Crippen molar-refractivity contribution in [2.24, 2.45) is 5.73 Å². The van der Waals surface area contributed by atoms with Crippen molar-refractivity contribution < 1.29 is 19.4 Å². The first kappa shape index (κ1) is 24.4. The second-order valence-corrected chi connectivity index (χ2v) is 9.42. The second kappa shape index (κ2) is 10.3. The maximum absolute atomic E-state index is 12.5. The molecule has 0 spiro atoms. The number of primary amides is 1. The highest BCUT2D eigenvalue weighted by molar-refractivity contribution is 6.20. The summed E-state index contributed by atoms with van der Waals surface area (Å²) in [6.45, 7) is 2.26. The number of unbranched alkanes of at least 4 members (excludes halogenated alkanes) is 2. The van der Waals surface area contributed by atoms with Gasteiger partial charge in [0, 0.05) is 17.5 Å². The van der Waals surface area contributed by atoms with Gasteiger partial charge in [0.2, 0.25) is 5.91 Å². The van der Waals surface area contributed by atoms with E-state index in [4.69, 9.17) is 10.5 Å². The number of nitrogens with two attached hydrogens (primary N) is 1. The molecule has 0 aliphatic carbocycles. The Hall–Kier alpha value is -4.32. The monoisotopic (exact) mass is 494 g/mol. The van der Waals surface area contributed by atoms with Gasteiger partial charge in [-0.15, -0.1) is 0 Å². The number of amides is 1. The Bertz CT molecular complexity index is 1630. The third-order valence-electron chi connectivity index (χ3n) is 6.91. The molecule has 188 valence electrons. The molecule has 37 heavy (non-hydrogen) atoms. The molecule has 6 nitrogen and oxygen atoms in total. The summed E-state index contributed by atoms with van der Waals surface area (Å²) in [5.41, 5.74) is 10.2. The van der Waals surface area contributed by atoms with Crippen LogP contribution in [0.2, 0.25) is 0 Å². The number of hydrogen-bond donors (Lipinski definition) is 2. The minimum absolute atomic E-state index is 0.387. The van der Waals surface area contributed by atoms with Crippen LogP contribution in [-0.4, -0.2) is 28.2 Å². The van der Waals surface area contributed by atoms with E-state index in [0.717, 1.165) is 58.6 Å². The Balaban J connectivity index is 1.80. The van der Waals surface area contributed by atoms with E-state index in [0.29, 0.717) is 28.6 Å². The first-order chi connectivity index (χ1) is 18.0. The molecule has 5 rings (SSSR count). The first-order valence-corrected chi connectivity index (χ1v) is 12.7. The number of carbonyl (C=O) groups is 2. The molecule has 0 atom stereocenters. The van der Waals surface area contributed by atoms with Crippen LogP contribution in [0, 0.1) is 0 Å². The highest BCUT2D eigenvalue weighted by atomic mass is 16.5. The van der Waals surface area contributed by atoms with Gasteiger partial charge in [0.1, 0.15) is 5.75 Å². The summed E-state index contributed by atoms with van der Waals surface area (Å²) < 4.78 is 8.03. The molecule has 6 heteroatoms. The van der Waals surface area contributed by atoms with Crippen LogP contribution in [0.15, 0.2) is 72.8 Å². The molecule has 0 bridgehead atoms. The number of carboxylic acids is 1. The van der Waals surface area contributed by atoms with Gasteiger partial charge in [-0.3, -0.25) is 4.79 Å². The van der Waals surface area contributed by atoms with Gasteiger partial charge in [0.05, 0.1) is 16.4 Å². The molecule has 0 unspecified atom stereocenters. The van der Waals surface area contributed by atoms with Gasteiger partial charge in [-0.2, -0.15) is 0 Å². The number of aliphatic carboxylic acids is 1. The largest absolute Gasteiger partial charge is 0.481 e. The Morgan fingerprint density at radius 3 is 2.49 bits per heavy atom. The van der Waals surface area contributed by atoms with Crippen molar-refractivity contribution in [1.29, 1.82) is 0 Å². The number of nitrogens with zero attached hydrogens (tertiary/aromatic N) is 1. The Morgan fingerprint density at radius 1 is 0.919 bits per heavy atom. The van der Waals surface area contributed by atoms with Crippen LogP contribution < -0.4 is 10.5 Å². The van der Waals surface area contributed by atoms with Crippen molar-refractivity contribution >= 4 is 44.5 Å².